The van der Waals surface area contributed by atoms with Crippen LogP contribution in [0.4, 0.5) is 0 Å². The van der Waals surface area contributed by atoms with Crippen molar-refractivity contribution in [3.05, 3.63) is 114 Å². The van der Waals surface area contributed by atoms with Crippen LogP contribution < -0.4 is 23.0 Å². The molecule has 1 aliphatic heterocycles. The topological polar surface area (TPSA) is 9.23 Å². The molecule has 0 radical (unpaired) electrons. The van der Waals surface area contributed by atoms with E-state index in [-0.39, 0.29) is 12.4 Å². The predicted octanol–water partition coefficient (Wildman–Crippen LogP) is 3.18. The summed E-state index contributed by atoms with van der Waals surface area (Å²) in [5.74, 6) is 2.37. The second-order valence-corrected chi connectivity index (χ2v) is 10.5. The molecule has 4 heteroatoms. The lowest BCUT2D eigenvalue weighted by Gasteiger charge is -2.25. The van der Waals surface area contributed by atoms with Crippen LogP contribution >= 0.6 is 19.3 Å². The zero-order valence-corrected chi connectivity index (χ0v) is 18.1. The van der Waals surface area contributed by atoms with E-state index in [1.54, 1.807) is 11.8 Å². The van der Waals surface area contributed by atoms with E-state index in [0.717, 1.165) is 0 Å². The van der Waals surface area contributed by atoms with Gasteiger partial charge >= 0.3 is 0 Å². The Kier molecular flexibility index (Phi) is 6.47. The molecule has 0 saturated heterocycles. The van der Waals surface area contributed by atoms with Crippen LogP contribution in [0.2, 0.25) is 0 Å². The Bertz CT molecular complexity index is 920. The number of benzene rings is 3. The Balaban J connectivity index is 0.00000225. The minimum absolute atomic E-state index is 0. The molecule has 28 heavy (non-hydrogen) atoms. The zero-order valence-electron chi connectivity index (χ0n) is 15.7. The quantitative estimate of drug-likeness (QED) is 0.459. The molecule has 0 amide bonds. The minimum Gasteiger partial charge on any atom is -1.00 e. The molecule has 4 rings (SSSR count). The Hall–Kier alpha value is -1.83. The van der Waals surface area contributed by atoms with Crippen LogP contribution in [-0.2, 0) is 4.52 Å². The van der Waals surface area contributed by atoms with Crippen molar-refractivity contribution < 1.29 is 16.9 Å². The molecule has 0 spiro atoms. The van der Waals surface area contributed by atoms with Gasteiger partial charge in [0.25, 0.3) is 0 Å². The first-order valence-electron chi connectivity index (χ1n) is 8.97. The van der Waals surface area contributed by atoms with Crippen molar-refractivity contribution in [3.8, 4) is 0 Å². The molecule has 0 bridgehead atoms. The third-order valence-corrected chi connectivity index (χ3v) is 9.61. The van der Waals surface area contributed by atoms with E-state index in [1.165, 1.54) is 20.4 Å². The van der Waals surface area contributed by atoms with Gasteiger partial charge in [0.05, 0.1) is 4.91 Å². The molecule has 1 atom stereocenters. The summed E-state index contributed by atoms with van der Waals surface area (Å²) in [4.78, 5) is 2.41. The summed E-state index contributed by atoms with van der Waals surface area (Å²) in [5.41, 5.74) is -0.514. The average molecular weight is 425 g/mol. The van der Waals surface area contributed by atoms with Gasteiger partial charge in [0.15, 0.2) is 5.60 Å². The molecule has 0 N–H and O–H groups in total. The van der Waals surface area contributed by atoms with Gasteiger partial charge in [-0.3, -0.25) is 0 Å². The Labute approximate surface area is 178 Å². The molecular weight excluding hydrogens is 403 g/mol. The highest BCUT2D eigenvalue weighted by Gasteiger charge is 2.56. The summed E-state index contributed by atoms with van der Waals surface area (Å²) in [6, 6.07) is 31.6. The summed E-state index contributed by atoms with van der Waals surface area (Å²) < 4.78 is 6.92. The highest BCUT2D eigenvalue weighted by atomic mass is 35.5. The third-order valence-electron chi connectivity index (χ3n) is 4.76. The number of halogens is 1. The van der Waals surface area contributed by atoms with Crippen LogP contribution in [0.1, 0.15) is 6.92 Å². The summed E-state index contributed by atoms with van der Waals surface area (Å²) >= 11 is 1.77. The molecule has 1 nitrogen and oxygen atoms in total. The third kappa shape index (κ3) is 3.83. The van der Waals surface area contributed by atoms with E-state index < -0.39 is 13.1 Å². The average Bonchev–Trinajstić information content (AvgIpc) is 3.04. The maximum Gasteiger partial charge on any atom is 0.237 e. The van der Waals surface area contributed by atoms with Crippen LogP contribution in [0.15, 0.2) is 119 Å². The highest BCUT2D eigenvalue weighted by molar-refractivity contribution is 8.04. The maximum atomic E-state index is 6.92. The number of hydrogen-bond donors (Lipinski definition) is 0. The lowest BCUT2D eigenvalue weighted by Crippen LogP contribution is -3.00. The van der Waals surface area contributed by atoms with Crippen molar-refractivity contribution in [3.63, 3.8) is 0 Å². The first-order chi connectivity index (χ1) is 13.2. The molecule has 3 aromatic carbocycles. The molecular formula is C24H22ClOPS. The SMILES string of the molecule is C=CC1(C)O[P+](c2ccccc2)(c2ccccc2)C=C1Sc1ccccc1.[Cl-]. The fourth-order valence-corrected chi connectivity index (χ4v) is 8.29. The Morgan fingerprint density at radius 3 is 1.75 bits per heavy atom. The van der Waals surface area contributed by atoms with Crippen LogP contribution in [-0.4, -0.2) is 5.60 Å². The fourth-order valence-electron chi connectivity index (χ4n) is 3.25. The van der Waals surface area contributed by atoms with Gasteiger partial charge < -0.3 is 12.4 Å². The van der Waals surface area contributed by atoms with Gasteiger partial charge in [0.1, 0.15) is 16.4 Å². The number of rotatable bonds is 5. The molecule has 0 saturated carbocycles. The van der Waals surface area contributed by atoms with E-state index in [9.17, 15) is 0 Å². The van der Waals surface area contributed by atoms with Gasteiger partial charge in [-0.1, -0.05) is 79.0 Å². The second-order valence-electron chi connectivity index (χ2n) is 6.64. The van der Waals surface area contributed by atoms with Gasteiger partial charge in [0, 0.05) is 4.90 Å². The summed E-state index contributed by atoms with van der Waals surface area (Å²) in [6.07, 6.45) is 1.93. The van der Waals surface area contributed by atoms with Gasteiger partial charge in [-0.2, -0.15) is 0 Å². The van der Waals surface area contributed by atoms with E-state index in [1.807, 2.05) is 12.1 Å². The minimum atomic E-state index is -2.14. The molecule has 0 aliphatic carbocycles. The van der Waals surface area contributed by atoms with Gasteiger partial charge in [0.2, 0.25) is 7.49 Å². The van der Waals surface area contributed by atoms with Crippen molar-refractivity contribution in [1.82, 2.24) is 0 Å². The smallest absolute Gasteiger partial charge is 0.237 e. The molecule has 3 aromatic rings. The molecule has 142 valence electrons. The number of thioether (sulfide) groups is 1. The lowest BCUT2D eigenvalue weighted by atomic mass is 10.1. The highest BCUT2D eigenvalue weighted by Crippen LogP contribution is 2.69. The van der Waals surface area contributed by atoms with Gasteiger partial charge in [-0.05, 0) is 43.3 Å². The number of hydrogen-bond acceptors (Lipinski definition) is 2. The summed E-state index contributed by atoms with van der Waals surface area (Å²) in [5, 5.41) is 2.46. The van der Waals surface area contributed by atoms with E-state index >= 15 is 0 Å². The van der Waals surface area contributed by atoms with Crippen molar-refractivity contribution in [2.75, 3.05) is 0 Å². The predicted molar refractivity (Wildman–Crippen MR) is 119 cm³/mol. The van der Waals surface area contributed by atoms with Crippen molar-refractivity contribution >= 4 is 29.9 Å². The lowest BCUT2D eigenvalue weighted by molar-refractivity contribution is -0.00000701. The molecule has 0 aromatic heterocycles. The second kappa shape index (κ2) is 8.68. The normalized spacial score (nSPS) is 20.1. The standard InChI is InChI=1S/C24H22OPS.ClH/c1-3-24(2)23(27-22-17-11-6-12-18-22)19-26(25-24,20-13-7-4-8-14-20)21-15-9-5-10-16-21;/h3-19H,1H2,2H3;1H/q+1;/p-1. The molecule has 0 fully saturated rings. The maximum absolute atomic E-state index is 6.92. The molecule has 1 unspecified atom stereocenters. The molecule has 1 heterocycles. The Morgan fingerprint density at radius 1 is 0.821 bits per heavy atom. The largest absolute Gasteiger partial charge is 1.00 e. The Morgan fingerprint density at radius 2 is 1.29 bits per heavy atom. The fraction of sp³-hybridized carbons (Fsp3) is 0.0833. The zero-order chi connectivity index (χ0) is 18.7. The summed E-state index contributed by atoms with van der Waals surface area (Å²) in [6.45, 7) is 6.22. The monoisotopic (exact) mass is 424 g/mol. The van der Waals surface area contributed by atoms with Crippen molar-refractivity contribution in [1.29, 1.82) is 0 Å². The van der Waals surface area contributed by atoms with E-state index in [2.05, 4.69) is 104 Å². The first kappa shape index (κ1) is 20.9. The van der Waals surface area contributed by atoms with Gasteiger partial charge in [-0.25, -0.2) is 4.52 Å². The van der Waals surface area contributed by atoms with Gasteiger partial charge in [-0.15, -0.1) is 0 Å². The van der Waals surface area contributed by atoms with E-state index in [0.29, 0.717) is 0 Å². The van der Waals surface area contributed by atoms with E-state index in [4.69, 9.17) is 4.52 Å². The van der Waals surface area contributed by atoms with Crippen LogP contribution in [0, 0.1) is 0 Å². The molecule has 1 aliphatic rings. The summed E-state index contributed by atoms with van der Waals surface area (Å²) in [7, 11) is -2.14. The van der Waals surface area contributed by atoms with Crippen molar-refractivity contribution in [2.24, 2.45) is 0 Å². The van der Waals surface area contributed by atoms with Crippen LogP contribution in [0.5, 0.6) is 0 Å². The van der Waals surface area contributed by atoms with Crippen LogP contribution in [0.25, 0.3) is 0 Å². The van der Waals surface area contributed by atoms with Crippen molar-refractivity contribution in [2.45, 2.75) is 17.4 Å². The van der Waals surface area contributed by atoms with Crippen LogP contribution in [0.3, 0.4) is 0 Å². The first-order valence-corrected chi connectivity index (χ1v) is 11.6.